The van der Waals surface area contributed by atoms with E-state index < -0.39 is 11.5 Å². The summed E-state index contributed by atoms with van der Waals surface area (Å²) in [7, 11) is 3.52. The van der Waals surface area contributed by atoms with Crippen molar-refractivity contribution in [1.82, 2.24) is 4.90 Å². The van der Waals surface area contributed by atoms with E-state index in [0.29, 0.717) is 5.56 Å². The molecule has 6 heteroatoms. The number of anilines is 1. The van der Waals surface area contributed by atoms with E-state index in [4.69, 9.17) is 0 Å². The Kier molecular flexibility index (Phi) is 4.09. The summed E-state index contributed by atoms with van der Waals surface area (Å²) in [6.45, 7) is 1.72. The molecule has 2 atom stereocenters. The number of hydrogen-bond acceptors (Lipinski definition) is 3. The maximum Gasteiger partial charge on any atom is 0.241 e. The second-order valence-electron chi connectivity index (χ2n) is 5.73. The van der Waals surface area contributed by atoms with Crippen LogP contribution in [0.1, 0.15) is 18.1 Å². The van der Waals surface area contributed by atoms with Gasteiger partial charge in [0.15, 0.2) is 12.0 Å². The summed E-state index contributed by atoms with van der Waals surface area (Å²) in [5, 5.41) is 2.61. The van der Waals surface area contributed by atoms with Gasteiger partial charge in [-0.25, -0.2) is 8.78 Å². The van der Waals surface area contributed by atoms with Crippen LogP contribution in [0.2, 0.25) is 0 Å². The minimum absolute atomic E-state index is 0.157. The van der Waals surface area contributed by atoms with E-state index in [-0.39, 0.29) is 42.3 Å². The van der Waals surface area contributed by atoms with Gasteiger partial charge in [0.2, 0.25) is 5.91 Å². The van der Waals surface area contributed by atoms with E-state index in [1.165, 1.54) is 6.07 Å². The van der Waals surface area contributed by atoms with Crippen LogP contribution in [0.3, 0.4) is 0 Å². The van der Waals surface area contributed by atoms with Gasteiger partial charge in [-0.1, -0.05) is 0 Å². The third kappa shape index (κ3) is 3.10. The molecule has 1 aromatic carbocycles. The van der Waals surface area contributed by atoms with Gasteiger partial charge in [-0.15, -0.1) is 0 Å². The number of carbonyl (C=O) groups excluding carboxylic acids is 2. The zero-order chi connectivity index (χ0) is 15.8. The first-order valence-corrected chi connectivity index (χ1v) is 6.69. The average Bonchev–Trinajstić information content (AvgIpc) is 2.75. The van der Waals surface area contributed by atoms with Gasteiger partial charge in [-0.3, -0.25) is 14.5 Å². The molecule has 1 unspecified atom stereocenters. The summed E-state index contributed by atoms with van der Waals surface area (Å²) in [6.07, 6.45) is -0.186. The highest BCUT2D eigenvalue weighted by atomic mass is 19.1. The maximum atomic E-state index is 14.0. The number of fused-ring (bicyclic) bond motifs is 1. The average molecular weight is 296 g/mol. The van der Waals surface area contributed by atoms with Gasteiger partial charge < -0.3 is 5.32 Å². The number of alkyl halides is 1. The van der Waals surface area contributed by atoms with Crippen LogP contribution in [0.25, 0.3) is 0 Å². The van der Waals surface area contributed by atoms with Gasteiger partial charge in [0.25, 0.3) is 0 Å². The largest absolute Gasteiger partial charge is 0.325 e. The number of aldehydes is 1. The molecule has 0 heterocycles. The summed E-state index contributed by atoms with van der Waals surface area (Å²) in [5.41, 5.74) is -1.12. The van der Waals surface area contributed by atoms with E-state index in [1.807, 2.05) is 0 Å². The van der Waals surface area contributed by atoms with Gasteiger partial charge >= 0.3 is 0 Å². The van der Waals surface area contributed by atoms with Crippen LogP contribution >= 0.6 is 0 Å². The molecule has 114 valence electrons. The minimum atomic E-state index is -2.04. The zero-order valence-corrected chi connectivity index (χ0v) is 12.2. The number of carbonyl (C=O) groups is 2. The van der Waals surface area contributed by atoms with Gasteiger partial charge in [0, 0.05) is 18.5 Å². The number of likely N-dealkylation sites (N-methyl/N-ethyl adjacent to an activating group) is 1. The molecule has 0 saturated carbocycles. The number of halogens is 2. The van der Waals surface area contributed by atoms with Crippen LogP contribution in [0.5, 0.6) is 0 Å². The fourth-order valence-corrected chi connectivity index (χ4v) is 2.36. The summed E-state index contributed by atoms with van der Waals surface area (Å²) < 4.78 is 28.0. The number of amides is 1. The van der Waals surface area contributed by atoms with Crippen molar-refractivity contribution in [3.05, 3.63) is 29.1 Å². The number of benzene rings is 1. The molecule has 21 heavy (non-hydrogen) atoms. The van der Waals surface area contributed by atoms with Crippen molar-refractivity contribution in [2.45, 2.75) is 31.5 Å². The van der Waals surface area contributed by atoms with Crippen molar-refractivity contribution in [2.75, 3.05) is 19.4 Å². The monoisotopic (exact) mass is 296 g/mol. The van der Waals surface area contributed by atoms with Crippen LogP contribution in [-0.2, 0) is 22.4 Å². The van der Waals surface area contributed by atoms with E-state index in [9.17, 15) is 18.4 Å². The molecule has 1 amide bonds. The quantitative estimate of drug-likeness (QED) is 0.861. The fourth-order valence-electron chi connectivity index (χ4n) is 2.36. The summed E-state index contributed by atoms with van der Waals surface area (Å²) >= 11 is 0. The second kappa shape index (κ2) is 5.52. The predicted octanol–water partition coefficient (Wildman–Crippen LogP) is 1.72. The van der Waals surface area contributed by atoms with E-state index in [0.717, 1.165) is 6.07 Å². The van der Waals surface area contributed by atoms with Crippen molar-refractivity contribution in [3.8, 4) is 0 Å². The first-order chi connectivity index (χ1) is 9.75. The molecule has 1 N–H and O–H groups in total. The lowest BCUT2D eigenvalue weighted by Crippen LogP contribution is -2.37. The van der Waals surface area contributed by atoms with Gasteiger partial charge in [-0.2, -0.15) is 0 Å². The van der Waals surface area contributed by atoms with E-state index in [2.05, 4.69) is 5.32 Å². The van der Waals surface area contributed by atoms with Gasteiger partial charge in [0.1, 0.15) is 5.82 Å². The SMILES string of the molecule is C[C@H](C(=O)Nc1cc(F)c2c(c1)CC(F)(C=O)C2)N(C)C. The summed E-state index contributed by atoms with van der Waals surface area (Å²) in [6, 6.07) is 2.32. The Morgan fingerprint density at radius 2 is 2.10 bits per heavy atom. The molecular formula is C15H18F2N2O2. The Hall–Kier alpha value is -1.82. The second-order valence-corrected chi connectivity index (χ2v) is 5.73. The standard InChI is InChI=1S/C15H18F2N2O2/c1-9(19(2)3)14(21)18-11-4-10-6-15(17,8-20)7-12(10)13(16)5-11/h4-5,8-9H,6-7H2,1-3H3,(H,18,21)/t9-,15?/m1/s1. The smallest absolute Gasteiger partial charge is 0.241 e. The first kappa shape index (κ1) is 15.6. The van der Waals surface area contributed by atoms with Crippen molar-refractivity contribution in [1.29, 1.82) is 0 Å². The topological polar surface area (TPSA) is 49.4 Å². The minimum Gasteiger partial charge on any atom is -0.325 e. The highest BCUT2D eigenvalue weighted by molar-refractivity contribution is 5.94. The first-order valence-electron chi connectivity index (χ1n) is 6.69. The van der Waals surface area contributed by atoms with Crippen molar-refractivity contribution in [3.63, 3.8) is 0 Å². The highest BCUT2D eigenvalue weighted by Crippen LogP contribution is 2.35. The lowest BCUT2D eigenvalue weighted by atomic mass is 10.1. The molecule has 0 aliphatic heterocycles. The lowest BCUT2D eigenvalue weighted by molar-refractivity contribution is -0.120. The van der Waals surface area contributed by atoms with Crippen molar-refractivity contribution in [2.24, 2.45) is 0 Å². The number of hydrogen-bond donors (Lipinski definition) is 1. The molecule has 0 spiro atoms. The molecule has 2 rings (SSSR count). The van der Waals surface area contributed by atoms with E-state index in [1.54, 1.807) is 25.9 Å². The molecule has 1 aromatic rings. The normalized spacial score (nSPS) is 22.0. The third-order valence-corrected chi connectivity index (χ3v) is 3.88. The van der Waals surface area contributed by atoms with Gasteiger partial charge in [0.05, 0.1) is 6.04 Å². The molecule has 1 aliphatic rings. The van der Waals surface area contributed by atoms with Crippen LogP contribution in [0.4, 0.5) is 14.5 Å². The van der Waals surface area contributed by atoms with Crippen LogP contribution in [0, 0.1) is 5.82 Å². The fraction of sp³-hybridized carbons (Fsp3) is 0.467. The Morgan fingerprint density at radius 1 is 1.43 bits per heavy atom. The van der Waals surface area contributed by atoms with Crippen LogP contribution < -0.4 is 5.32 Å². The molecule has 0 radical (unpaired) electrons. The Balaban J connectivity index is 2.23. The van der Waals surface area contributed by atoms with E-state index >= 15 is 0 Å². The highest BCUT2D eigenvalue weighted by Gasteiger charge is 2.39. The Bertz CT molecular complexity index is 589. The Morgan fingerprint density at radius 3 is 2.67 bits per heavy atom. The van der Waals surface area contributed by atoms with Crippen molar-refractivity contribution >= 4 is 17.9 Å². The number of rotatable bonds is 4. The molecule has 1 aliphatic carbocycles. The summed E-state index contributed by atoms with van der Waals surface area (Å²) in [5.74, 6) is -0.874. The zero-order valence-electron chi connectivity index (χ0n) is 12.2. The molecule has 0 saturated heterocycles. The lowest BCUT2D eigenvalue weighted by Gasteiger charge is -2.19. The number of nitrogens with one attached hydrogen (secondary N) is 1. The molecule has 0 fully saturated rings. The maximum absolute atomic E-state index is 14.0. The third-order valence-electron chi connectivity index (χ3n) is 3.88. The molecule has 4 nitrogen and oxygen atoms in total. The van der Waals surface area contributed by atoms with Crippen LogP contribution in [0.15, 0.2) is 12.1 Å². The molecule has 0 bridgehead atoms. The molecule has 0 aromatic heterocycles. The number of nitrogens with zero attached hydrogens (tertiary/aromatic N) is 1. The summed E-state index contributed by atoms with van der Waals surface area (Å²) in [4.78, 5) is 24.4. The molecular weight excluding hydrogens is 278 g/mol. The van der Waals surface area contributed by atoms with Gasteiger partial charge in [-0.05, 0) is 44.3 Å². The van der Waals surface area contributed by atoms with Crippen molar-refractivity contribution < 1.29 is 18.4 Å². The Labute approximate surface area is 122 Å². The predicted molar refractivity (Wildman–Crippen MR) is 75.5 cm³/mol. The van der Waals surface area contributed by atoms with Crippen LogP contribution in [-0.4, -0.2) is 42.9 Å².